The maximum absolute atomic E-state index is 15.0. The first-order valence-electron chi connectivity index (χ1n) is 10.1. The van der Waals surface area contributed by atoms with Crippen molar-refractivity contribution in [2.75, 3.05) is 0 Å². The van der Waals surface area contributed by atoms with Crippen molar-refractivity contribution in [2.24, 2.45) is 0 Å². The summed E-state index contributed by atoms with van der Waals surface area (Å²) in [6.45, 7) is 2.00. The van der Waals surface area contributed by atoms with E-state index in [1.807, 2.05) is 6.92 Å². The minimum absolute atomic E-state index is 0.134. The van der Waals surface area contributed by atoms with E-state index in [0.29, 0.717) is 12.8 Å². The quantitative estimate of drug-likeness (QED) is 0.0967. The molecule has 1 aliphatic rings. The summed E-state index contributed by atoms with van der Waals surface area (Å²) in [5.74, 6) is -27.7. The first-order chi connectivity index (χ1) is 14.3. The Morgan fingerprint density at radius 3 is 1.41 bits per heavy atom. The summed E-state index contributed by atoms with van der Waals surface area (Å²) in [6, 6.07) is -7.34. The summed E-state index contributed by atoms with van der Waals surface area (Å²) in [7, 11) is -7.69. The van der Waals surface area contributed by atoms with Gasteiger partial charge in [0.05, 0.1) is 4.11 Å². The van der Waals surface area contributed by atoms with Crippen LogP contribution in [-0.2, 0) is 10.3 Å². The number of piperidine rings is 1. The molecule has 0 amide bonds. The van der Waals surface area contributed by atoms with Gasteiger partial charge in [0.15, 0.2) is 0 Å². The smallest absolute Gasteiger partial charge is 0.514 e. The molecule has 2 atom stereocenters. The number of nitrogens with zero attached hydrogens (tertiary/aromatic N) is 1. The van der Waals surface area contributed by atoms with Gasteiger partial charge in [-0.05, 0) is 6.42 Å². The maximum Gasteiger partial charge on any atom is 0.514 e. The lowest BCUT2D eigenvalue weighted by Crippen LogP contribution is -2.88. The maximum atomic E-state index is 15.0. The molecule has 1 fully saturated rings. The molecule has 0 aromatic rings. The Labute approximate surface area is 179 Å². The molecule has 0 N–H and O–H groups in total. The fourth-order valence-corrected chi connectivity index (χ4v) is 4.63. The van der Waals surface area contributed by atoms with Crippen molar-refractivity contribution < 1.29 is 61.1 Å². The largest absolute Gasteiger partial charge is 0.699 e. The number of hydrogen-bond donors (Lipinski definition) is 0. The van der Waals surface area contributed by atoms with Crippen molar-refractivity contribution in [3.05, 3.63) is 0 Å². The zero-order valence-corrected chi connectivity index (χ0v) is 18.0. The van der Waals surface area contributed by atoms with E-state index in [9.17, 15) is 57.0 Å². The average Bonchev–Trinajstić information content (AvgIpc) is 2.66. The van der Waals surface area contributed by atoms with Gasteiger partial charge >= 0.3 is 29.6 Å². The Bertz CT molecular complexity index is 749. The molecule has 32 heavy (non-hydrogen) atoms. The second-order valence-electron chi connectivity index (χ2n) is 7.92. The van der Waals surface area contributed by atoms with Gasteiger partial charge in [-0.25, -0.2) is 0 Å². The van der Waals surface area contributed by atoms with Gasteiger partial charge in [-0.1, -0.05) is 64.7 Å². The summed E-state index contributed by atoms with van der Waals surface area (Å²) in [4.78, 5) is 0. The fraction of sp³-hybridized carbons (Fsp3) is 1.00. The molecule has 1 rings (SSSR count). The third-order valence-corrected chi connectivity index (χ3v) is 6.77. The van der Waals surface area contributed by atoms with Crippen molar-refractivity contribution in [1.82, 2.24) is 0 Å². The molecule has 1 saturated heterocycles. The van der Waals surface area contributed by atoms with Crippen LogP contribution in [-0.4, -0.2) is 46.7 Å². The summed E-state index contributed by atoms with van der Waals surface area (Å²) in [5.41, 5.74) is 0. The van der Waals surface area contributed by atoms with Crippen molar-refractivity contribution in [3.63, 3.8) is 0 Å². The van der Waals surface area contributed by atoms with Crippen molar-refractivity contribution in [3.8, 4) is 0 Å². The minimum Gasteiger partial charge on any atom is -0.699 e. The van der Waals surface area contributed by atoms with Gasteiger partial charge in [0.1, 0.15) is 0 Å². The first-order valence-corrected chi connectivity index (χ1v) is 11.4. The van der Waals surface area contributed by atoms with E-state index in [2.05, 4.69) is 0 Å². The van der Waals surface area contributed by atoms with Crippen molar-refractivity contribution >= 4 is 10.3 Å². The summed E-state index contributed by atoms with van der Waals surface area (Å²) >= 11 is 0. The van der Waals surface area contributed by atoms with Gasteiger partial charge in [0.25, 0.3) is 10.3 Å². The molecule has 192 valence electrons. The Kier molecular flexibility index (Phi) is 8.61. The second kappa shape index (κ2) is 9.43. The van der Waals surface area contributed by atoms with Crippen LogP contribution in [0.15, 0.2) is 0 Å². The highest BCUT2D eigenvalue weighted by Gasteiger charge is 3.04. The van der Waals surface area contributed by atoms with E-state index >= 15 is 0 Å². The number of quaternary nitrogens is 1. The third kappa shape index (κ3) is 4.10. The van der Waals surface area contributed by atoms with Crippen molar-refractivity contribution in [1.29, 1.82) is 0 Å². The summed E-state index contributed by atoms with van der Waals surface area (Å²) in [6.07, 6.45) is 2.20. The molecule has 0 bridgehead atoms. The predicted molar refractivity (Wildman–Crippen MR) is 91.2 cm³/mol. The molecule has 1 heterocycles. The number of rotatable bonds is 12. The molecule has 0 aromatic carbocycles. The highest BCUT2D eigenvalue weighted by molar-refractivity contribution is 7.79. The van der Waals surface area contributed by atoms with E-state index < -0.39 is 56.9 Å². The van der Waals surface area contributed by atoms with Crippen molar-refractivity contribution in [2.45, 2.75) is 107 Å². The van der Waals surface area contributed by atoms with Gasteiger partial charge in [-0.2, -0.15) is 39.2 Å². The lowest BCUT2D eigenvalue weighted by molar-refractivity contribution is -1.11. The topological polar surface area (TPSA) is 57.2 Å². The highest BCUT2D eigenvalue weighted by atomic mass is 32.2. The molecule has 15 heteroatoms. The molecule has 1 aliphatic heterocycles. The van der Waals surface area contributed by atoms with Gasteiger partial charge in [-0.15, -0.1) is 8.78 Å². The summed E-state index contributed by atoms with van der Waals surface area (Å²) in [5, 5.41) is 0. The monoisotopic (exact) mass is 513 g/mol. The van der Waals surface area contributed by atoms with Crippen LogP contribution < -0.4 is 0 Å². The van der Waals surface area contributed by atoms with Gasteiger partial charge in [0.2, 0.25) is 0 Å². The number of alkyl halides is 9. The van der Waals surface area contributed by atoms with Gasteiger partial charge < -0.3 is 4.55 Å². The molecule has 0 spiro atoms. The predicted octanol–water partition coefficient (Wildman–Crippen LogP) is 6.64. The number of halogens is 10. The third-order valence-electron chi connectivity index (χ3n) is 5.63. The van der Waals surface area contributed by atoms with Crippen LogP contribution >= 0.6 is 0 Å². The van der Waals surface area contributed by atoms with E-state index in [-0.39, 0.29) is 12.8 Å². The van der Waals surface area contributed by atoms with Gasteiger partial charge in [-0.3, -0.25) is 0 Å². The summed E-state index contributed by atoms with van der Waals surface area (Å²) < 4.78 is 167. The van der Waals surface area contributed by atoms with Crippen LogP contribution in [0.25, 0.3) is 0 Å². The highest BCUT2D eigenvalue weighted by Crippen LogP contribution is 2.69. The van der Waals surface area contributed by atoms with Gasteiger partial charge in [0, 0.05) is 10.9 Å². The standard InChI is InChI=1S/C17H25F10NO3S/c1-2-3-4-5-6-7-8-9-10-11-12-13(18)14(19,20)15(21,22)16(23,24)17(25,26)28(13,27)32(29,30)31/h2-12H2,1H3. The molecule has 0 radical (unpaired) electrons. The van der Waals surface area contributed by atoms with Crippen LogP contribution in [0.3, 0.4) is 0 Å². The average molecular weight is 513 g/mol. The zero-order chi connectivity index (χ0) is 25.3. The second-order valence-corrected chi connectivity index (χ2v) is 9.27. The molecule has 0 saturated carbocycles. The molecule has 0 aliphatic carbocycles. The molecule has 2 unspecified atom stereocenters. The van der Waals surface area contributed by atoms with E-state index in [0.717, 1.165) is 32.1 Å². The normalized spacial score (nSPS) is 30.9. The molecule has 4 nitrogen and oxygen atoms in total. The fourth-order valence-electron chi connectivity index (χ4n) is 3.68. The van der Waals surface area contributed by atoms with Crippen LogP contribution in [0.1, 0.15) is 77.6 Å². The van der Waals surface area contributed by atoms with Crippen LogP contribution in [0.4, 0.5) is 44.0 Å². The minimum atomic E-state index is -7.69. The van der Waals surface area contributed by atoms with Crippen LogP contribution in [0.2, 0.25) is 0 Å². The Hall–Kier alpha value is -0.830. The Morgan fingerprint density at radius 1 is 0.656 bits per heavy atom. The lowest BCUT2D eigenvalue weighted by Gasteiger charge is -2.53. The first kappa shape index (κ1) is 29.2. The molecular weight excluding hydrogens is 488 g/mol. The van der Waals surface area contributed by atoms with E-state index in [4.69, 9.17) is 0 Å². The van der Waals surface area contributed by atoms with E-state index in [1.165, 1.54) is 0 Å². The SMILES string of the molecule is CCCCCCCCCCCCC1(F)C(F)(F)C(F)(F)C(F)(F)C(F)(F)[N+]1(F)S(=O)(=O)[O-]. The van der Waals surface area contributed by atoms with Crippen LogP contribution in [0, 0.1) is 0 Å². The van der Waals surface area contributed by atoms with E-state index in [1.54, 1.807) is 0 Å². The lowest BCUT2D eigenvalue weighted by atomic mass is 9.85. The number of hydrogen-bond acceptors (Lipinski definition) is 3. The molecule has 0 aromatic heterocycles. The van der Waals surface area contributed by atoms with Crippen LogP contribution in [0.5, 0.6) is 0 Å². The Balaban J connectivity index is 3.08. The Morgan fingerprint density at radius 2 is 1.03 bits per heavy atom. The zero-order valence-electron chi connectivity index (χ0n) is 17.1. The molecular formula is C17H25F10NO3S. The number of unbranched alkanes of at least 4 members (excludes halogenated alkanes) is 9.